The standard InChI is InChI=1S/C15H22BrN3O3/c1-15(2,3)22-14(21)19-7-10(4-11(19)8-20)9-5-12(16)13(17)18-6-9/h5-6,10-11,20H,4,7-8H2,1-3H3,(H2,17,18)/t10-,11-/m0/s1. The van der Waals surface area contributed by atoms with Crippen molar-refractivity contribution in [1.29, 1.82) is 0 Å². The van der Waals surface area contributed by atoms with Crippen LogP contribution in [0.4, 0.5) is 10.6 Å². The maximum absolute atomic E-state index is 12.3. The molecule has 22 heavy (non-hydrogen) atoms. The van der Waals surface area contributed by atoms with Crippen molar-refractivity contribution in [3.05, 3.63) is 22.3 Å². The van der Waals surface area contributed by atoms with Gasteiger partial charge in [0.25, 0.3) is 0 Å². The minimum absolute atomic E-state index is 0.0840. The summed E-state index contributed by atoms with van der Waals surface area (Å²) in [6.45, 7) is 5.89. The molecule has 1 aromatic heterocycles. The molecule has 2 heterocycles. The minimum atomic E-state index is -0.555. The number of carbonyl (C=O) groups is 1. The molecule has 0 unspecified atom stereocenters. The molecule has 0 aromatic carbocycles. The number of aliphatic hydroxyl groups excluding tert-OH is 1. The van der Waals surface area contributed by atoms with Crippen molar-refractivity contribution in [2.75, 3.05) is 18.9 Å². The Balaban J connectivity index is 2.14. The highest BCUT2D eigenvalue weighted by Crippen LogP contribution is 2.34. The number of nitrogen functional groups attached to an aromatic ring is 1. The topological polar surface area (TPSA) is 88.7 Å². The summed E-state index contributed by atoms with van der Waals surface area (Å²) in [4.78, 5) is 18.0. The number of aliphatic hydroxyl groups is 1. The van der Waals surface area contributed by atoms with Gasteiger partial charge in [0, 0.05) is 18.7 Å². The van der Waals surface area contributed by atoms with Gasteiger partial charge in [0.2, 0.25) is 0 Å². The molecule has 2 rings (SSSR count). The molecule has 1 amide bonds. The lowest BCUT2D eigenvalue weighted by Crippen LogP contribution is -2.41. The van der Waals surface area contributed by atoms with Crippen LogP contribution in [0.3, 0.4) is 0 Å². The monoisotopic (exact) mass is 371 g/mol. The molecule has 122 valence electrons. The molecule has 0 aliphatic carbocycles. The number of anilines is 1. The minimum Gasteiger partial charge on any atom is -0.444 e. The molecule has 7 heteroatoms. The average molecular weight is 372 g/mol. The van der Waals surface area contributed by atoms with Gasteiger partial charge in [-0.1, -0.05) is 0 Å². The summed E-state index contributed by atoms with van der Waals surface area (Å²) in [6.07, 6.45) is 2.00. The number of rotatable bonds is 2. The van der Waals surface area contributed by atoms with E-state index < -0.39 is 11.7 Å². The van der Waals surface area contributed by atoms with Gasteiger partial charge < -0.3 is 20.5 Å². The van der Waals surface area contributed by atoms with E-state index in [1.807, 2.05) is 26.8 Å². The molecule has 1 saturated heterocycles. The lowest BCUT2D eigenvalue weighted by molar-refractivity contribution is 0.0174. The Morgan fingerprint density at radius 3 is 2.82 bits per heavy atom. The number of ether oxygens (including phenoxy) is 1. The van der Waals surface area contributed by atoms with Gasteiger partial charge in [0.1, 0.15) is 11.4 Å². The van der Waals surface area contributed by atoms with E-state index in [0.717, 1.165) is 10.0 Å². The van der Waals surface area contributed by atoms with Crippen molar-refractivity contribution >= 4 is 27.8 Å². The first-order valence-corrected chi connectivity index (χ1v) is 8.02. The fourth-order valence-electron chi connectivity index (χ4n) is 2.56. The quantitative estimate of drug-likeness (QED) is 0.833. The maximum atomic E-state index is 12.3. The zero-order chi connectivity index (χ0) is 16.5. The number of carbonyl (C=O) groups excluding carboxylic acids is 1. The molecular weight excluding hydrogens is 350 g/mol. The molecule has 1 aromatic rings. The summed E-state index contributed by atoms with van der Waals surface area (Å²) in [6, 6.07) is 1.68. The smallest absolute Gasteiger partial charge is 0.410 e. The van der Waals surface area contributed by atoms with Crippen LogP contribution < -0.4 is 5.73 Å². The van der Waals surface area contributed by atoms with Crippen LogP contribution in [-0.4, -0.2) is 45.9 Å². The first-order chi connectivity index (χ1) is 10.2. The van der Waals surface area contributed by atoms with Crippen LogP contribution in [0, 0.1) is 0 Å². The zero-order valence-corrected chi connectivity index (χ0v) is 14.6. The number of likely N-dealkylation sites (tertiary alicyclic amines) is 1. The van der Waals surface area contributed by atoms with Crippen molar-refractivity contribution in [2.45, 2.75) is 44.8 Å². The third kappa shape index (κ3) is 3.89. The molecule has 1 aliphatic heterocycles. The van der Waals surface area contributed by atoms with Gasteiger partial charge in [-0.15, -0.1) is 0 Å². The van der Waals surface area contributed by atoms with E-state index in [0.29, 0.717) is 18.8 Å². The zero-order valence-electron chi connectivity index (χ0n) is 13.0. The van der Waals surface area contributed by atoms with Gasteiger partial charge in [-0.2, -0.15) is 0 Å². The molecule has 1 fully saturated rings. The highest BCUT2D eigenvalue weighted by atomic mass is 79.9. The number of amides is 1. The van der Waals surface area contributed by atoms with Crippen LogP contribution >= 0.6 is 15.9 Å². The Morgan fingerprint density at radius 1 is 1.59 bits per heavy atom. The average Bonchev–Trinajstić information content (AvgIpc) is 2.84. The molecule has 0 radical (unpaired) electrons. The van der Waals surface area contributed by atoms with Crippen LogP contribution in [0.25, 0.3) is 0 Å². The highest BCUT2D eigenvalue weighted by Gasteiger charge is 2.37. The van der Waals surface area contributed by atoms with Crippen LogP contribution in [-0.2, 0) is 4.74 Å². The van der Waals surface area contributed by atoms with Crippen LogP contribution in [0.1, 0.15) is 38.7 Å². The predicted octanol–water partition coefficient (Wildman–Crippen LogP) is 2.51. The van der Waals surface area contributed by atoms with E-state index in [9.17, 15) is 9.90 Å². The van der Waals surface area contributed by atoms with Crippen molar-refractivity contribution in [1.82, 2.24) is 9.88 Å². The van der Waals surface area contributed by atoms with E-state index in [1.165, 1.54) is 0 Å². The largest absolute Gasteiger partial charge is 0.444 e. The van der Waals surface area contributed by atoms with Gasteiger partial charge in [0.05, 0.1) is 17.1 Å². The van der Waals surface area contributed by atoms with E-state index in [-0.39, 0.29) is 18.6 Å². The van der Waals surface area contributed by atoms with Gasteiger partial charge in [-0.25, -0.2) is 9.78 Å². The Kier molecular flexibility index (Phi) is 4.97. The number of nitrogens with zero attached hydrogens (tertiary/aromatic N) is 2. The second kappa shape index (κ2) is 6.42. The molecule has 1 aliphatic rings. The maximum Gasteiger partial charge on any atom is 0.410 e. The molecule has 0 bridgehead atoms. The van der Waals surface area contributed by atoms with Crippen molar-refractivity contribution in [2.24, 2.45) is 0 Å². The normalized spacial score (nSPS) is 22.0. The third-order valence-electron chi connectivity index (χ3n) is 3.62. The molecular formula is C15H22BrN3O3. The molecule has 3 N–H and O–H groups in total. The SMILES string of the molecule is CC(C)(C)OC(=O)N1C[C@@H](c2cnc(N)c(Br)c2)C[C@H]1CO. The van der Waals surface area contributed by atoms with E-state index in [2.05, 4.69) is 20.9 Å². The molecule has 2 atom stereocenters. The van der Waals surface area contributed by atoms with E-state index in [4.69, 9.17) is 10.5 Å². The summed E-state index contributed by atoms with van der Waals surface area (Å²) in [7, 11) is 0. The molecule has 0 spiro atoms. The van der Waals surface area contributed by atoms with Crippen LogP contribution in [0.15, 0.2) is 16.7 Å². The number of hydrogen-bond acceptors (Lipinski definition) is 5. The highest BCUT2D eigenvalue weighted by molar-refractivity contribution is 9.10. The first kappa shape index (κ1) is 17.0. The number of halogens is 1. The second-order valence-electron chi connectivity index (χ2n) is 6.54. The predicted molar refractivity (Wildman–Crippen MR) is 87.5 cm³/mol. The van der Waals surface area contributed by atoms with Gasteiger partial charge >= 0.3 is 6.09 Å². The van der Waals surface area contributed by atoms with Crippen molar-refractivity contribution in [3.8, 4) is 0 Å². The Hall–Kier alpha value is -1.34. The summed E-state index contributed by atoms with van der Waals surface area (Å²) in [5, 5.41) is 9.55. The first-order valence-electron chi connectivity index (χ1n) is 7.22. The van der Waals surface area contributed by atoms with Gasteiger partial charge in [-0.05, 0) is 54.8 Å². The number of nitrogens with two attached hydrogens (primary N) is 1. The lowest BCUT2D eigenvalue weighted by atomic mass is 9.98. The van der Waals surface area contributed by atoms with Crippen LogP contribution in [0.2, 0.25) is 0 Å². The summed E-state index contributed by atoms with van der Waals surface area (Å²) < 4.78 is 6.15. The number of hydrogen-bond donors (Lipinski definition) is 2. The van der Waals surface area contributed by atoms with E-state index >= 15 is 0 Å². The fraction of sp³-hybridized carbons (Fsp3) is 0.600. The third-order valence-corrected chi connectivity index (χ3v) is 4.25. The Labute approximate surface area is 138 Å². The van der Waals surface area contributed by atoms with E-state index in [1.54, 1.807) is 11.1 Å². The summed E-state index contributed by atoms with van der Waals surface area (Å²) in [5.74, 6) is 0.540. The fourth-order valence-corrected chi connectivity index (χ4v) is 2.93. The lowest BCUT2D eigenvalue weighted by Gasteiger charge is -2.27. The van der Waals surface area contributed by atoms with Crippen LogP contribution in [0.5, 0.6) is 0 Å². The van der Waals surface area contributed by atoms with Crippen molar-refractivity contribution in [3.63, 3.8) is 0 Å². The molecule has 0 saturated carbocycles. The second-order valence-corrected chi connectivity index (χ2v) is 7.39. The van der Waals surface area contributed by atoms with Gasteiger partial charge in [0.15, 0.2) is 0 Å². The Bertz CT molecular complexity index is 559. The Morgan fingerprint density at radius 2 is 2.27 bits per heavy atom. The number of aromatic nitrogens is 1. The summed E-state index contributed by atoms with van der Waals surface area (Å²) in [5.41, 5.74) is 6.14. The van der Waals surface area contributed by atoms with Crippen molar-refractivity contribution < 1.29 is 14.6 Å². The molecule has 6 nitrogen and oxygen atoms in total. The summed E-state index contributed by atoms with van der Waals surface area (Å²) >= 11 is 3.37. The van der Waals surface area contributed by atoms with Gasteiger partial charge in [-0.3, -0.25) is 0 Å². The number of pyridine rings is 1.